The maximum Gasteiger partial charge on any atom is 0.0951 e. The second-order valence-electron chi connectivity index (χ2n) is 4.04. The summed E-state index contributed by atoms with van der Waals surface area (Å²) in [5.41, 5.74) is 9.36. The zero-order chi connectivity index (χ0) is 11.4. The molecular formula is C13H17N3. The normalized spacial score (nSPS) is 10.6. The van der Waals surface area contributed by atoms with Crippen molar-refractivity contribution in [3.8, 4) is 0 Å². The molecule has 2 rings (SSSR count). The number of imidazole rings is 1. The molecule has 0 aliphatic carbocycles. The van der Waals surface area contributed by atoms with Gasteiger partial charge < -0.3 is 10.3 Å². The van der Waals surface area contributed by atoms with Gasteiger partial charge in [0.05, 0.1) is 6.33 Å². The summed E-state index contributed by atoms with van der Waals surface area (Å²) >= 11 is 0. The van der Waals surface area contributed by atoms with Crippen LogP contribution in [0, 0.1) is 6.92 Å². The summed E-state index contributed by atoms with van der Waals surface area (Å²) in [6.45, 7) is 3.65. The Kier molecular flexibility index (Phi) is 3.37. The van der Waals surface area contributed by atoms with Crippen LogP contribution in [0.1, 0.15) is 16.8 Å². The van der Waals surface area contributed by atoms with Gasteiger partial charge in [0, 0.05) is 24.9 Å². The Morgan fingerprint density at radius 3 is 3.00 bits per heavy atom. The van der Waals surface area contributed by atoms with Crippen molar-refractivity contribution in [3.05, 3.63) is 53.6 Å². The van der Waals surface area contributed by atoms with E-state index in [9.17, 15) is 0 Å². The van der Waals surface area contributed by atoms with Gasteiger partial charge in [0.15, 0.2) is 0 Å². The van der Waals surface area contributed by atoms with Crippen molar-refractivity contribution in [1.82, 2.24) is 9.55 Å². The van der Waals surface area contributed by atoms with Gasteiger partial charge in [-0.2, -0.15) is 0 Å². The van der Waals surface area contributed by atoms with Crippen LogP contribution in [0.25, 0.3) is 0 Å². The van der Waals surface area contributed by atoms with Gasteiger partial charge in [-0.1, -0.05) is 29.8 Å². The van der Waals surface area contributed by atoms with Crippen LogP contribution in [0.5, 0.6) is 0 Å². The molecule has 0 aliphatic heterocycles. The predicted molar refractivity (Wildman–Crippen MR) is 65.3 cm³/mol. The maximum absolute atomic E-state index is 5.57. The van der Waals surface area contributed by atoms with Gasteiger partial charge in [-0.25, -0.2) is 4.98 Å². The molecule has 2 aromatic rings. The minimum atomic E-state index is 0.666. The second kappa shape index (κ2) is 4.94. The van der Waals surface area contributed by atoms with Crippen LogP contribution in [0.4, 0.5) is 0 Å². The molecule has 16 heavy (non-hydrogen) atoms. The van der Waals surface area contributed by atoms with Crippen molar-refractivity contribution < 1.29 is 0 Å². The predicted octanol–water partition coefficient (Wildman–Crippen LogP) is 1.74. The number of aromatic nitrogens is 2. The van der Waals surface area contributed by atoms with Crippen molar-refractivity contribution in [1.29, 1.82) is 0 Å². The fourth-order valence-electron chi connectivity index (χ4n) is 1.85. The molecule has 1 aromatic heterocycles. The summed E-state index contributed by atoms with van der Waals surface area (Å²) in [6, 6.07) is 8.54. The molecule has 0 atom stereocenters. The highest BCUT2D eigenvalue weighted by Gasteiger charge is 2.01. The minimum absolute atomic E-state index is 0.666. The van der Waals surface area contributed by atoms with Gasteiger partial charge in [-0.05, 0) is 19.0 Å². The first-order valence-corrected chi connectivity index (χ1v) is 5.54. The van der Waals surface area contributed by atoms with Gasteiger partial charge >= 0.3 is 0 Å². The largest absolute Gasteiger partial charge is 0.330 e. The lowest BCUT2D eigenvalue weighted by molar-refractivity contribution is 0.733. The van der Waals surface area contributed by atoms with E-state index in [1.165, 1.54) is 16.8 Å². The molecule has 0 spiro atoms. The van der Waals surface area contributed by atoms with E-state index in [2.05, 4.69) is 40.7 Å². The molecule has 0 bridgehead atoms. The highest BCUT2D eigenvalue weighted by atomic mass is 15.0. The fourth-order valence-corrected chi connectivity index (χ4v) is 1.85. The standard InChI is InChI=1S/C13H17N3/c1-11-3-2-4-12(7-11)9-16-10-15-8-13(16)5-6-14/h2-4,7-8,10H,5-6,9,14H2,1H3. The van der Waals surface area contributed by atoms with Crippen LogP contribution in [0.2, 0.25) is 0 Å². The van der Waals surface area contributed by atoms with E-state index in [1.807, 2.05) is 12.5 Å². The van der Waals surface area contributed by atoms with Crippen molar-refractivity contribution in [2.45, 2.75) is 19.9 Å². The maximum atomic E-state index is 5.57. The smallest absolute Gasteiger partial charge is 0.0951 e. The Balaban J connectivity index is 2.17. The summed E-state index contributed by atoms with van der Waals surface area (Å²) in [5.74, 6) is 0. The number of nitrogens with zero attached hydrogens (tertiary/aromatic N) is 2. The number of aryl methyl sites for hydroxylation is 1. The van der Waals surface area contributed by atoms with Gasteiger partial charge in [0.2, 0.25) is 0 Å². The molecule has 1 heterocycles. The molecule has 0 unspecified atom stereocenters. The van der Waals surface area contributed by atoms with Crippen LogP contribution in [-0.4, -0.2) is 16.1 Å². The van der Waals surface area contributed by atoms with Crippen molar-refractivity contribution in [3.63, 3.8) is 0 Å². The highest BCUT2D eigenvalue weighted by molar-refractivity contribution is 5.22. The fraction of sp³-hybridized carbons (Fsp3) is 0.308. The van der Waals surface area contributed by atoms with E-state index in [1.54, 1.807) is 0 Å². The van der Waals surface area contributed by atoms with Crippen LogP contribution in [0.15, 0.2) is 36.8 Å². The van der Waals surface area contributed by atoms with Crippen LogP contribution >= 0.6 is 0 Å². The van der Waals surface area contributed by atoms with E-state index >= 15 is 0 Å². The third-order valence-corrected chi connectivity index (χ3v) is 2.63. The Morgan fingerprint density at radius 2 is 2.25 bits per heavy atom. The highest BCUT2D eigenvalue weighted by Crippen LogP contribution is 2.08. The first-order valence-electron chi connectivity index (χ1n) is 5.54. The molecule has 0 fully saturated rings. The summed E-state index contributed by atoms with van der Waals surface area (Å²) in [5, 5.41) is 0. The first-order chi connectivity index (χ1) is 7.79. The number of benzene rings is 1. The number of rotatable bonds is 4. The molecule has 0 saturated heterocycles. The third kappa shape index (κ3) is 2.49. The summed E-state index contributed by atoms with van der Waals surface area (Å²) < 4.78 is 2.15. The topological polar surface area (TPSA) is 43.8 Å². The number of hydrogen-bond acceptors (Lipinski definition) is 2. The van der Waals surface area contributed by atoms with E-state index in [0.717, 1.165) is 13.0 Å². The number of hydrogen-bond donors (Lipinski definition) is 1. The van der Waals surface area contributed by atoms with Gasteiger partial charge in [-0.3, -0.25) is 0 Å². The van der Waals surface area contributed by atoms with E-state index in [-0.39, 0.29) is 0 Å². The van der Waals surface area contributed by atoms with E-state index < -0.39 is 0 Å². The monoisotopic (exact) mass is 215 g/mol. The Hall–Kier alpha value is -1.61. The zero-order valence-electron chi connectivity index (χ0n) is 9.56. The summed E-state index contributed by atoms with van der Waals surface area (Å²) in [4.78, 5) is 4.17. The lowest BCUT2D eigenvalue weighted by atomic mass is 10.1. The molecule has 1 aromatic carbocycles. The molecule has 3 nitrogen and oxygen atoms in total. The van der Waals surface area contributed by atoms with Crippen LogP contribution in [-0.2, 0) is 13.0 Å². The third-order valence-electron chi connectivity index (χ3n) is 2.63. The van der Waals surface area contributed by atoms with Gasteiger partial charge in [0.25, 0.3) is 0 Å². The van der Waals surface area contributed by atoms with Crippen molar-refractivity contribution in [2.24, 2.45) is 5.73 Å². The van der Waals surface area contributed by atoms with Crippen molar-refractivity contribution >= 4 is 0 Å². The van der Waals surface area contributed by atoms with E-state index in [4.69, 9.17) is 5.73 Å². The lowest BCUT2D eigenvalue weighted by Crippen LogP contribution is -2.09. The molecule has 84 valence electrons. The van der Waals surface area contributed by atoms with Gasteiger partial charge in [0.1, 0.15) is 0 Å². The zero-order valence-corrected chi connectivity index (χ0v) is 9.56. The molecule has 0 radical (unpaired) electrons. The molecular weight excluding hydrogens is 198 g/mol. The van der Waals surface area contributed by atoms with E-state index in [0.29, 0.717) is 6.54 Å². The Bertz CT molecular complexity index is 460. The van der Waals surface area contributed by atoms with Crippen molar-refractivity contribution in [2.75, 3.05) is 6.54 Å². The molecule has 0 aliphatic rings. The summed E-state index contributed by atoms with van der Waals surface area (Å²) in [6.07, 6.45) is 4.64. The summed E-state index contributed by atoms with van der Waals surface area (Å²) in [7, 11) is 0. The number of nitrogens with two attached hydrogens (primary N) is 1. The molecule has 0 amide bonds. The average molecular weight is 215 g/mol. The second-order valence-corrected chi connectivity index (χ2v) is 4.04. The van der Waals surface area contributed by atoms with Crippen LogP contribution in [0.3, 0.4) is 0 Å². The molecule has 3 heteroatoms. The Labute approximate surface area is 95.9 Å². The average Bonchev–Trinajstić information content (AvgIpc) is 2.66. The lowest BCUT2D eigenvalue weighted by Gasteiger charge is -2.08. The Morgan fingerprint density at radius 1 is 1.38 bits per heavy atom. The quantitative estimate of drug-likeness (QED) is 0.844. The minimum Gasteiger partial charge on any atom is -0.330 e. The SMILES string of the molecule is Cc1cccc(Cn2cncc2CCN)c1. The molecule has 0 saturated carbocycles. The first kappa shape index (κ1) is 10.9. The van der Waals surface area contributed by atoms with Crippen LogP contribution < -0.4 is 5.73 Å². The molecule has 2 N–H and O–H groups in total. The van der Waals surface area contributed by atoms with Gasteiger partial charge in [-0.15, -0.1) is 0 Å².